The SMILES string of the molecule is Cc1ccc(CN2CCCC2c2nnn3cc(-c4ccccc4)ccc23)cc1. The van der Waals surface area contributed by atoms with Crippen LogP contribution in [0.25, 0.3) is 16.6 Å². The number of likely N-dealkylation sites (tertiary alicyclic amines) is 1. The van der Waals surface area contributed by atoms with Gasteiger partial charge in [-0.05, 0) is 43.5 Å². The van der Waals surface area contributed by atoms with Gasteiger partial charge in [0.25, 0.3) is 0 Å². The molecule has 1 fully saturated rings. The third-order valence-corrected chi connectivity index (χ3v) is 5.73. The summed E-state index contributed by atoms with van der Waals surface area (Å²) in [5, 5.41) is 9.03. The van der Waals surface area contributed by atoms with Gasteiger partial charge in [-0.3, -0.25) is 4.90 Å². The minimum absolute atomic E-state index is 0.335. The van der Waals surface area contributed by atoms with E-state index in [9.17, 15) is 0 Å². The van der Waals surface area contributed by atoms with E-state index in [0.717, 1.165) is 36.3 Å². The monoisotopic (exact) mass is 368 g/mol. The van der Waals surface area contributed by atoms with Crippen LogP contribution in [0.5, 0.6) is 0 Å². The second-order valence-electron chi connectivity index (χ2n) is 7.70. The summed E-state index contributed by atoms with van der Waals surface area (Å²) in [5.74, 6) is 0. The topological polar surface area (TPSA) is 33.4 Å². The van der Waals surface area contributed by atoms with E-state index in [1.165, 1.54) is 23.1 Å². The van der Waals surface area contributed by atoms with E-state index < -0.39 is 0 Å². The van der Waals surface area contributed by atoms with E-state index in [1.54, 1.807) is 0 Å². The molecule has 140 valence electrons. The number of hydrogen-bond donors (Lipinski definition) is 0. The molecule has 0 amide bonds. The fraction of sp³-hybridized carbons (Fsp3) is 0.250. The Morgan fingerprint density at radius 3 is 2.57 bits per heavy atom. The molecule has 0 bridgehead atoms. The van der Waals surface area contributed by atoms with Crippen LogP contribution >= 0.6 is 0 Å². The first kappa shape index (κ1) is 17.1. The molecule has 0 saturated carbocycles. The third-order valence-electron chi connectivity index (χ3n) is 5.73. The molecular weight excluding hydrogens is 344 g/mol. The van der Waals surface area contributed by atoms with Gasteiger partial charge in [-0.25, -0.2) is 4.52 Å². The highest BCUT2D eigenvalue weighted by Gasteiger charge is 2.29. The van der Waals surface area contributed by atoms with Crippen LogP contribution in [-0.2, 0) is 6.54 Å². The van der Waals surface area contributed by atoms with Crippen molar-refractivity contribution >= 4 is 5.52 Å². The van der Waals surface area contributed by atoms with Crippen molar-refractivity contribution in [3.8, 4) is 11.1 Å². The number of nitrogens with zero attached hydrogens (tertiary/aromatic N) is 4. The van der Waals surface area contributed by atoms with Crippen molar-refractivity contribution in [2.45, 2.75) is 32.4 Å². The van der Waals surface area contributed by atoms with Gasteiger partial charge >= 0.3 is 0 Å². The van der Waals surface area contributed by atoms with Crippen LogP contribution in [0.4, 0.5) is 0 Å². The quantitative estimate of drug-likeness (QED) is 0.506. The highest BCUT2D eigenvalue weighted by atomic mass is 15.4. The van der Waals surface area contributed by atoms with Crippen LogP contribution in [0.15, 0.2) is 72.9 Å². The molecule has 28 heavy (non-hydrogen) atoms. The lowest BCUT2D eigenvalue weighted by Crippen LogP contribution is -2.23. The lowest BCUT2D eigenvalue weighted by atomic mass is 10.1. The number of rotatable bonds is 4. The Morgan fingerprint density at radius 2 is 1.75 bits per heavy atom. The average Bonchev–Trinajstić information content (AvgIpc) is 3.36. The number of aryl methyl sites for hydroxylation is 1. The highest BCUT2D eigenvalue weighted by molar-refractivity contribution is 5.66. The molecule has 1 saturated heterocycles. The minimum atomic E-state index is 0.335. The number of benzene rings is 2. The molecule has 5 rings (SSSR count). The van der Waals surface area contributed by atoms with Gasteiger partial charge in [0, 0.05) is 18.3 Å². The van der Waals surface area contributed by atoms with E-state index in [4.69, 9.17) is 0 Å². The van der Waals surface area contributed by atoms with Gasteiger partial charge in [0.1, 0.15) is 5.69 Å². The van der Waals surface area contributed by atoms with Crippen molar-refractivity contribution < 1.29 is 0 Å². The fourth-order valence-corrected chi connectivity index (χ4v) is 4.21. The summed E-state index contributed by atoms with van der Waals surface area (Å²) in [6.07, 6.45) is 4.43. The van der Waals surface area contributed by atoms with Crippen molar-refractivity contribution in [2.24, 2.45) is 0 Å². The summed E-state index contributed by atoms with van der Waals surface area (Å²) in [5.41, 5.74) is 7.24. The number of pyridine rings is 1. The number of hydrogen-bond acceptors (Lipinski definition) is 3. The van der Waals surface area contributed by atoms with Crippen molar-refractivity contribution in [3.63, 3.8) is 0 Å². The van der Waals surface area contributed by atoms with Crippen molar-refractivity contribution in [2.75, 3.05) is 6.54 Å². The van der Waals surface area contributed by atoms with Crippen LogP contribution in [-0.4, -0.2) is 26.3 Å². The summed E-state index contributed by atoms with van der Waals surface area (Å²) in [6, 6.07) is 24.0. The van der Waals surface area contributed by atoms with E-state index in [-0.39, 0.29) is 0 Å². The predicted octanol–water partition coefficient (Wildman–Crippen LogP) is 5.04. The van der Waals surface area contributed by atoms with Crippen molar-refractivity contribution in [3.05, 3.63) is 89.7 Å². The molecule has 2 aromatic carbocycles. The lowest BCUT2D eigenvalue weighted by Gasteiger charge is -2.23. The Balaban J connectivity index is 1.44. The first-order valence-electron chi connectivity index (χ1n) is 9.98. The summed E-state index contributed by atoms with van der Waals surface area (Å²) in [4.78, 5) is 2.54. The lowest BCUT2D eigenvalue weighted by molar-refractivity contribution is 0.245. The molecule has 4 nitrogen and oxygen atoms in total. The molecule has 1 unspecified atom stereocenters. The standard InChI is InChI=1S/C24H24N4/c1-18-9-11-19(12-10-18)16-27-15-5-8-22(27)24-23-14-13-21(17-28(23)26-25-24)20-6-3-2-4-7-20/h2-4,6-7,9-14,17,22H,5,8,15-16H2,1H3. The molecule has 4 heteroatoms. The van der Waals surface area contributed by atoms with E-state index in [2.05, 4.69) is 89.0 Å². The summed E-state index contributed by atoms with van der Waals surface area (Å²) >= 11 is 0. The molecule has 3 heterocycles. The first-order chi connectivity index (χ1) is 13.8. The average molecular weight is 368 g/mol. The molecule has 1 atom stereocenters. The van der Waals surface area contributed by atoms with E-state index >= 15 is 0 Å². The maximum atomic E-state index is 4.59. The maximum Gasteiger partial charge on any atom is 0.108 e. The third kappa shape index (κ3) is 3.20. The summed E-state index contributed by atoms with van der Waals surface area (Å²) < 4.78 is 1.93. The van der Waals surface area contributed by atoms with Crippen molar-refractivity contribution in [1.29, 1.82) is 0 Å². The Bertz CT molecular complexity index is 1080. The number of aromatic nitrogens is 3. The molecule has 1 aliphatic heterocycles. The number of fused-ring (bicyclic) bond motifs is 1. The van der Waals surface area contributed by atoms with Crippen LogP contribution in [0, 0.1) is 6.92 Å². The minimum Gasteiger partial charge on any atom is -0.290 e. The van der Waals surface area contributed by atoms with Gasteiger partial charge in [0.2, 0.25) is 0 Å². The molecule has 4 aromatic rings. The highest BCUT2D eigenvalue weighted by Crippen LogP contribution is 2.34. The van der Waals surface area contributed by atoms with Crippen LogP contribution in [0.2, 0.25) is 0 Å². The Labute approximate surface area is 165 Å². The van der Waals surface area contributed by atoms with Crippen LogP contribution in [0.1, 0.15) is 35.7 Å². The Morgan fingerprint density at radius 1 is 0.929 bits per heavy atom. The molecule has 0 N–H and O–H groups in total. The first-order valence-corrected chi connectivity index (χ1v) is 9.98. The van der Waals surface area contributed by atoms with Crippen LogP contribution in [0.3, 0.4) is 0 Å². The van der Waals surface area contributed by atoms with Crippen molar-refractivity contribution in [1.82, 2.24) is 19.7 Å². The second-order valence-corrected chi connectivity index (χ2v) is 7.70. The van der Waals surface area contributed by atoms with E-state index in [1.807, 2.05) is 10.6 Å². The zero-order valence-corrected chi connectivity index (χ0v) is 16.1. The van der Waals surface area contributed by atoms with Gasteiger partial charge in [-0.2, -0.15) is 0 Å². The zero-order valence-electron chi connectivity index (χ0n) is 16.1. The molecular formula is C24H24N4. The van der Waals surface area contributed by atoms with Crippen LogP contribution < -0.4 is 0 Å². The molecule has 0 aliphatic carbocycles. The summed E-state index contributed by atoms with van der Waals surface area (Å²) in [6.45, 7) is 4.21. The van der Waals surface area contributed by atoms with Gasteiger partial charge in [0.15, 0.2) is 0 Å². The molecule has 2 aromatic heterocycles. The maximum absolute atomic E-state index is 4.59. The van der Waals surface area contributed by atoms with E-state index in [0.29, 0.717) is 6.04 Å². The largest absolute Gasteiger partial charge is 0.290 e. The van der Waals surface area contributed by atoms with Gasteiger partial charge < -0.3 is 0 Å². The normalized spacial score (nSPS) is 17.4. The summed E-state index contributed by atoms with van der Waals surface area (Å²) in [7, 11) is 0. The van der Waals surface area contributed by atoms with Gasteiger partial charge in [-0.15, -0.1) is 5.10 Å². The zero-order chi connectivity index (χ0) is 18.9. The van der Waals surface area contributed by atoms with Gasteiger partial charge in [0.05, 0.1) is 11.6 Å². The smallest absolute Gasteiger partial charge is 0.108 e. The Kier molecular flexibility index (Phi) is 4.41. The Hall–Kier alpha value is -2.98. The van der Waals surface area contributed by atoms with Gasteiger partial charge in [-0.1, -0.05) is 71.4 Å². The molecule has 1 aliphatic rings. The molecule has 0 spiro atoms. The predicted molar refractivity (Wildman–Crippen MR) is 112 cm³/mol. The fourth-order valence-electron chi connectivity index (χ4n) is 4.21. The second kappa shape index (κ2) is 7.21. The molecule has 0 radical (unpaired) electrons.